The molecule has 1 N–H and O–H groups in total. The maximum absolute atomic E-state index is 12.0. The molecule has 20 heavy (non-hydrogen) atoms. The molecule has 1 aromatic carbocycles. The van der Waals surface area contributed by atoms with Gasteiger partial charge in [0.05, 0.1) is 0 Å². The van der Waals surface area contributed by atoms with Crippen molar-refractivity contribution >= 4 is 11.6 Å². The molecule has 1 aliphatic rings. The van der Waals surface area contributed by atoms with Gasteiger partial charge in [-0.2, -0.15) is 0 Å². The summed E-state index contributed by atoms with van der Waals surface area (Å²) in [7, 11) is 0. The molecule has 1 heterocycles. The van der Waals surface area contributed by atoms with E-state index >= 15 is 0 Å². The number of carbonyl (C=O) groups is 1. The van der Waals surface area contributed by atoms with Crippen LogP contribution in [0.25, 0.3) is 0 Å². The molecule has 0 saturated carbocycles. The Morgan fingerprint density at radius 2 is 1.85 bits per heavy atom. The summed E-state index contributed by atoms with van der Waals surface area (Å²) in [4.78, 5) is 16.3. The minimum atomic E-state index is 0.175. The molecule has 1 amide bonds. The highest BCUT2D eigenvalue weighted by molar-refractivity contribution is 5.76. The van der Waals surface area contributed by atoms with E-state index in [1.54, 1.807) is 0 Å². The lowest BCUT2D eigenvalue weighted by Crippen LogP contribution is -2.48. The van der Waals surface area contributed by atoms with Crippen LogP contribution in [0.2, 0.25) is 0 Å². The van der Waals surface area contributed by atoms with E-state index in [0.29, 0.717) is 6.42 Å². The number of anilines is 1. The van der Waals surface area contributed by atoms with Crippen LogP contribution in [0.5, 0.6) is 0 Å². The van der Waals surface area contributed by atoms with Crippen LogP contribution >= 0.6 is 0 Å². The molecule has 0 radical (unpaired) electrons. The minimum absolute atomic E-state index is 0.175. The summed E-state index contributed by atoms with van der Waals surface area (Å²) in [6.45, 7) is 5.70. The molecular weight excluding hydrogens is 252 g/mol. The number of hydrogen-bond donors (Lipinski definition) is 1. The molecule has 0 unspecified atom stereocenters. The molecule has 110 valence electrons. The van der Waals surface area contributed by atoms with Crippen LogP contribution in [-0.2, 0) is 4.79 Å². The second kappa shape index (κ2) is 7.29. The van der Waals surface area contributed by atoms with Gasteiger partial charge in [0.2, 0.25) is 5.91 Å². The van der Waals surface area contributed by atoms with Crippen LogP contribution in [0.15, 0.2) is 24.3 Å². The van der Waals surface area contributed by atoms with Gasteiger partial charge in [-0.15, -0.1) is 0 Å². The van der Waals surface area contributed by atoms with Crippen LogP contribution in [0.1, 0.15) is 24.8 Å². The number of aliphatic hydroxyl groups is 1. The van der Waals surface area contributed by atoms with Crippen molar-refractivity contribution in [2.75, 3.05) is 37.7 Å². The zero-order valence-electron chi connectivity index (χ0n) is 12.2. The maximum atomic E-state index is 12.0. The van der Waals surface area contributed by atoms with Crippen LogP contribution in [0.3, 0.4) is 0 Å². The number of carbonyl (C=O) groups excluding carboxylic acids is 1. The van der Waals surface area contributed by atoms with E-state index in [-0.39, 0.29) is 12.5 Å². The van der Waals surface area contributed by atoms with Gasteiger partial charge in [-0.05, 0) is 31.4 Å². The van der Waals surface area contributed by atoms with Gasteiger partial charge in [0.1, 0.15) is 0 Å². The number of unbranched alkanes of at least 4 members (excludes halogenated alkanes) is 1. The topological polar surface area (TPSA) is 43.8 Å². The van der Waals surface area contributed by atoms with Crippen molar-refractivity contribution < 1.29 is 9.90 Å². The van der Waals surface area contributed by atoms with Crippen molar-refractivity contribution in [3.8, 4) is 0 Å². The molecule has 4 nitrogen and oxygen atoms in total. The number of piperazine rings is 1. The zero-order chi connectivity index (χ0) is 14.4. The Kier molecular flexibility index (Phi) is 5.41. The number of hydrogen-bond acceptors (Lipinski definition) is 3. The Balaban J connectivity index is 1.83. The van der Waals surface area contributed by atoms with E-state index in [0.717, 1.165) is 39.0 Å². The van der Waals surface area contributed by atoms with Gasteiger partial charge in [0.15, 0.2) is 0 Å². The Morgan fingerprint density at radius 3 is 2.50 bits per heavy atom. The predicted octanol–water partition coefficient (Wildman–Crippen LogP) is 1.81. The number of rotatable bonds is 5. The molecule has 0 aliphatic carbocycles. The summed E-state index contributed by atoms with van der Waals surface area (Å²) in [6.07, 6.45) is 2.06. The largest absolute Gasteiger partial charge is 0.396 e. The monoisotopic (exact) mass is 276 g/mol. The highest BCUT2D eigenvalue weighted by Gasteiger charge is 2.21. The van der Waals surface area contributed by atoms with E-state index in [4.69, 9.17) is 5.11 Å². The first-order chi connectivity index (χ1) is 9.72. The lowest BCUT2D eigenvalue weighted by atomic mass is 10.1. The Labute approximate surface area is 121 Å². The number of amides is 1. The molecule has 0 aromatic heterocycles. The first kappa shape index (κ1) is 14.9. The van der Waals surface area contributed by atoms with Crippen molar-refractivity contribution in [2.24, 2.45) is 0 Å². The fraction of sp³-hybridized carbons (Fsp3) is 0.562. The van der Waals surface area contributed by atoms with Gasteiger partial charge >= 0.3 is 0 Å². The number of aliphatic hydroxyl groups excluding tert-OH is 1. The van der Waals surface area contributed by atoms with Crippen LogP contribution < -0.4 is 4.90 Å². The fourth-order valence-electron chi connectivity index (χ4n) is 2.66. The van der Waals surface area contributed by atoms with Gasteiger partial charge in [-0.3, -0.25) is 4.79 Å². The maximum Gasteiger partial charge on any atom is 0.222 e. The van der Waals surface area contributed by atoms with Crippen molar-refractivity contribution in [1.82, 2.24) is 4.90 Å². The third kappa shape index (κ3) is 3.73. The minimum Gasteiger partial charge on any atom is -0.396 e. The van der Waals surface area contributed by atoms with Gasteiger partial charge in [-0.1, -0.05) is 18.2 Å². The first-order valence-electron chi connectivity index (χ1n) is 7.41. The third-order valence-electron chi connectivity index (χ3n) is 3.89. The summed E-state index contributed by atoms with van der Waals surface area (Å²) < 4.78 is 0. The van der Waals surface area contributed by atoms with Crippen LogP contribution in [0.4, 0.5) is 5.69 Å². The van der Waals surface area contributed by atoms with E-state index in [1.165, 1.54) is 11.3 Å². The average Bonchev–Trinajstić information content (AvgIpc) is 2.48. The molecule has 0 spiro atoms. The van der Waals surface area contributed by atoms with Gasteiger partial charge in [0, 0.05) is 44.9 Å². The molecule has 1 fully saturated rings. The Hall–Kier alpha value is -1.55. The number of benzene rings is 1. The summed E-state index contributed by atoms with van der Waals surface area (Å²) in [5.41, 5.74) is 2.56. The molecule has 0 atom stereocenters. The van der Waals surface area contributed by atoms with Crippen molar-refractivity contribution in [3.63, 3.8) is 0 Å². The molecule has 2 rings (SSSR count). The number of nitrogens with zero attached hydrogens (tertiary/aromatic N) is 2. The predicted molar refractivity (Wildman–Crippen MR) is 80.9 cm³/mol. The van der Waals surface area contributed by atoms with E-state index < -0.39 is 0 Å². The summed E-state index contributed by atoms with van der Waals surface area (Å²) in [6, 6.07) is 8.39. The fourth-order valence-corrected chi connectivity index (χ4v) is 2.66. The van der Waals surface area contributed by atoms with Crippen LogP contribution in [-0.4, -0.2) is 48.7 Å². The van der Waals surface area contributed by atoms with Crippen LogP contribution in [0, 0.1) is 6.92 Å². The summed E-state index contributed by atoms with van der Waals surface area (Å²) >= 11 is 0. The summed E-state index contributed by atoms with van der Waals surface area (Å²) in [5, 5.41) is 8.74. The second-order valence-electron chi connectivity index (χ2n) is 5.34. The Bertz CT molecular complexity index is 440. The Morgan fingerprint density at radius 1 is 1.15 bits per heavy atom. The lowest BCUT2D eigenvalue weighted by molar-refractivity contribution is -0.131. The quantitative estimate of drug-likeness (QED) is 0.834. The van der Waals surface area contributed by atoms with Gasteiger partial charge in [-0.25, -0.2) is 0 Å². The second-order valence-corrected chi connectivity index (χ2v) is 5.34. The number of para-hydroxylation sites is 1. The van der Waals surface area contributed by atoms with E-state index in [1.807, 2.05) is 4.90 Å². The zero-order valence-corrected chi connectivity index (χ0v) is 12.2. The highest BCUT2D eigenvalue weighted by atomic mass is 16.3. The van der Waals surface area contributed by atoms with E-state index in [2.05, 4.69) is 36.1 Å². The smallest absolute Gasteiger partial charge is 0.222 e. The highest BCUT2D eigenvalue weighted by Crippen LogP contribution is 2.21. The molecular formula is C16H24N2O2. The van der Waals surface area contributed by atoms with E-state index in [9.17, 15) is 4.79 Å². The van der Waals surface area contributed by atoms with Crippen molar-refractivity contribution in [1.29, 1.82) is 0 Å². The lowest BCUT2D eigenvalue weighted by Gasteiger charge is -2.36. The standard InChI is InChI=1S/C16H24N2O2/c1-14-6-2-3-7-15(14)17-9-11-18(12-10-17)16(20)8-4-5-13-19/h2-3,6-7,19H,4-5,8-13H2,1H3. The third-order valence-corrected chi connectivity index (χ3v) is 3.89. The SMILES string of the molecule is Cc1ccccc1N1CCN(C(=O)CCCCO)CC1. The first-order valence-corrected chi connectivity index (χ1v) is 7.41. The van der Waals surface area contributed by atoms with Crippen molar-refractivity contribution in [2.45, 2.75) is 26.2 Å². The summed E-state index contributed by atoms with van der Waals surface area (Å²) in [5.74, 6) is 0.225. The normalized spacial score (nSPS) is 15.5. The molecule has 1 saturated heterocycles. The van der Waals surface area contributed by atoms with Gasteiger partial charge in [0.25, 0.3) is 0 Å². The van der Waals surface area contributed by atoms with Gasteiger partial charge < -0.3 is 14.9 Å². The molecule has 0 bridgehead atoms. The molecule has 1 aliphatic heterocycles. The van der Waals surface area contributed by atoms with Crippen molar-refractivity contribution in [3.05, 3.63) is 29.8 Å². The molecule has 1 aromatic rings. The average molecular weight is 276 g/mol. The number of aryl methyl sites for hydroxylation is 1. The molecule has 4 heteroatoms.